The van der Waals surface area contributed by atoms with E-state index < -0.39 is 27.3 Å². The zero-order chi connectivity index (χ0) is 23.5. The average Bonchev–Trinajstić information content (AvgIpc) is 2.75. The van der Waals surface area contributed by atoms with Crippen LogP contribution in [0.25, 0.3) is 22.3 Å². The molecule has 1 unspecified atom stereocenters. The molecule has 0 fully saturated rings. The van der Waals surface area contributed by atoms with Crippen molar-refractivity contribution in [2.45, 2.75) is 25.0 Å². The maximum absolute atomic E-state index is 14.9. The summed E-state index contributed by atoms with van der Waals surface area (Å²) in [4.78, 5) is 12.5. The van der Waals surface area contributed by atoms with Crippen molar-refractivity contribution in [3.8, 4) is 22.3 Å². The number of ether oxygens (including phenoxy) is 1. The normalized spacial score (nSPS) is 12.9. The molecule has 0 radical (unpaired) electrons. The molecule has 0 amide bonds. The summed E-state index contributed by atoms with van der Waals surface area (Å²) in [6.07, 6.45) is 0. The summed E-state index contributed by atoms with van der Waals surface area (Å²) >= 11 is 0. The Balaban J connectivity index is 2.34. The van der Waals surface area contributed by atoms with Crippen molar-refractivity contribution in [3.05, 3.63) is 83.9 Å². The molecule has 0 saturated carbocycles. The van der Waals surface area contributed by atoms with Crippen LogP contribution in [-0.2, 0) is 19.6 Å². The van der Waals surface area contributed by atoms with Gasteiger partial charge in [-0.3, -0.25) is 9.35 Å². The predicted molar refractivity (Wildman–Crippen MR) is 118 cm³/mol. The third-order valence-corrected chi connectivity index (χ3v) is 6.09. The van der Waals surface area contributed by atoms with Crippen LogP contribution >= 0.6 is 0 Å². The summed E-state index contributed by atoms with van der Waals surface area (Å²) in [5.74, 6) is -3.98. The van der Waals surface area contributed by atoms with E-state index in [0.717, 1.165) is 11.1 Å². The fourth-order valence-electron chi connectivity index (χ4n) is 3.70. The van der Waals surface area contributed by atoms with Crippen LogP contribution in [0.5, 0.6) is 0 Å². The maximum Gasteiger partial charge on any atom is 0.387 e. The van der Waals surface area contributed by atoms with Crippen molar-refractivity contribution in [1.29, 1.82) is 0 Å². The Bertz CT molecular complexity index is 1210. The predicted octanol–water partition coefficient (Wildman–Crippen LogP) is 5.46. The second-order valence-electron chi connectivity index (χ2n) is 7.16. The number of carbonyl (C=O) groups excluding carboxylic acids is 1. The standard InChI is InChI=1S/C24H22F2O5S/c1-3-31-23(27)22(24(25,26)32(28,29)30)19-14-15-20(17-10-6-4-7-11-17)21(16(19)2)18-12-8-5-9-13-18/h4-15,22H,3H2,1-2H3,(H,28,29,30). The minimum Gasteiger partial charge on any atom is -0.465 e. The molecular weight excluding hydrogens is 438 g/mol. The average molecular weight is 460 g/mol. The van der Waals surface area contributed by atoms with Crippen molar-refractivity contribution in [2.75, 3.05) is 6.61 Å². The van der Waals surface area contributed by atoms with Crippen LogP contribution in [-0.4, -0.2) is 30.8 Å². The number of alkyl halides is 2. The summed E-state index contributed by atoms with van der Waals surface area (Å²) in [6.45, 7) is 2.72. The topological polar surface area (TPSA) is 80.7 Å². The minimum absolute atomic E-state index is 0.233. The number of esters is 1. The first kappa shape index (κ1) is 23.6. The highest BCUT2D eigenvalue weighted by molar-refractivity contribution is 7.87. The molecule has 1 N–H and O–H groups in total. The van der Waals surface area contributed by atoms with Crippen LogP contribution in [0.3, 0.4) is 0 Å². The van der Waals surface area contributed by atoms with Crippen LogP contribution in [0, 0.1) is 6.92 Å². The van der Waals surface area contributed by atoms with E-state index in [9.17, 15) is 26.5 Å². The molecule has 0 saturated heterocycles. The van der Waals surface area contributed by atoms with Gasteiger partial charge in [-0.25, -0.2) is 0 Å². The summed E-state index contributed by atoms with van der Waals surface area (Å²) in [6, 6.07) is 21.0. The second-order valence-corrected chi connectivity index (χ2v) is 8.65. The maximum atomic E-state index is 14.9. The quantitative estimate of drug-likeness (QED) is 0.374. The molecule has 3 rings (SSSR count). The SMILES string of the molecule is CCOC(=O)C(c1ccc(-c2ccccc2)c(-c2ccccc2)c1C)C(F)(F)S(=O)(=O)O. The van der Waals surface area contributed by atoms with Gasteiger partial charge in [0.2, 0.25) is 0 Å². The first-order valence-corrected chi connectivity index (χ1v) is 11.3. The van der Waals surface area contributed by atoms with E-state index in [-0.39, 0.29) is 17.7 Å². The Hall–Kier alpha value is -3.10. The lowest BCUT2D eigenvalue weighted by Crippen LogP contribution is -2.40. The van der Waals surface area contributed by atoms with Crippen molar-refractivity contribution >= 4 is 16.1 Å². The van der Waals surface area contributed by atoms with E-state index in [4.69, 9.17) is 4.74 Å². The molecule has 0 aromatic heterocycles. The van der Waals surface area contributed by atoms with Gasteiger partial charge in [0.1, 0.15) is 0 Å². The van der Waals surface area contributed by atoms with Gasteiger partial charge >= 0.3 is 21.3 Å². The summed E-state index contributed by atoms with van der Waals surface area (Å²) in [5, 5.41) is -4.79. The van der Waals surface area contributed by atoms with Gasteiger partial charge in [0.25, 0.3) is 0 Å². The molecule has 3 aromatic rings. The van der Waals surface area contributed by atoms with Crippen LogP contribution in [0.4, 0.5) is 8.78 Å². The highest BCUT2D eigenvalue weighted by atomic mass is 32.2. The van der Waals surface area contributed by atoms with Crippen molar-refractivity contribution in [2.24, 2.45) is 0 Å². The van der Waals surface area contributed by atoms with Crippen LogP contribution < -0.4 is 0 Å². The van der Waals surface area contributed by atoms with Gasteiger partial charge in [-0.15, -0.1) is 0 Å². The highest BCUT2D eigenvalue weighted by Crippen LogP contribution is 2.44. The Labute approximate surface area is 185 Å². The number of halogens is 2. The van der Waals surface area contributed by atoms with Gasteiger partial charge < -0.3 is 4.74 Å². The molecule has 1 atom stereocenters. The number of hydrogen-bond donors (Lipinski definition) is 1. The molecule has 0 spiro atoms. The fraction of sp³-hybridized carbons (Fsp3) is 0.208. The summed E-state index contributed by atoms with van der Waals surface area (Å²) in [5.41, 5.74) is 2.83. The Morgan fingerprint density at radius 3 is 2.00 bits per heavy atom. The Kier molecular flexibility index (Phi) is 6.76. The zero-order valence-corrected chi connectivity index (χ0v) is 18.3. The summed E-state index contributed by atoms with van der Waals surface area (Å²) < 4.78 is 66.7. The molecule has 0 heterocycles. The van der Waals surface area contributed by atoms with Crippen molar-refractivity contribution in [1.82, 2.24) is 0 Å². The van der Waals surface area contributed by atoms with Gasteiger partial charge in [-0.05, 0) is 47.2 Å². The van der Waals surface area contributed by atoms with Gasteiger partial charge in [-0.1, -0.05) is 72.8 Å². The van der Waals surface area contributed by atoms with E-state index in [2.05, 4.69) is 0 Å². The lowest BCUT2D eigenvalue weighted by molar-refractivity contribution is -0.150. The second kappa shape index (κ2) is 9.18. The first-order valence-electron chi connectivity index (χ1n) is 9.85. The molecule has 8 heteroatoms. The van der Waals surface area contributed by atoms with Gasteiger partial charge in [0.05, 0.1) is 6.61 Å². The van der Waals surface area contributed by atoms with E-state index in [1.54, 1.807) is 36.4 Å². The lowest BCUT2D eigenvalue weighted by Gasteiger charge is -2.26. The zero-order valence-electron chi connectivity index (χ0n) is 17.5. The third kappa shape index (κ3) is 4.42. The number of carbonyl (C=O) groups is 1. The molecule has 5 nitrogen and oxygen atoms in total. The summed E-state index contributed by atoms with van der Waals surface area (Å²) in [7, 11) is -5.90. The van der Waals surface area contributed by atoms with E-state index in [1.807, 2.05) is 30.3 Å². The number of rotatable bonds is 7. The van der Waals surface area contributed by atoms with Crippen molar-refractivity contribution in [3.63, 3.8) is 0 Å². The van der Waals surface area contributed by atoms with Crippen LogP contribution in [0.2, 0.25) is 0 Å². The van der Waals surface area contributed by atoms with Crippen molar-refractivity contribution < 1.29 is 31.3 Å². The molecule has 3 aromatic carbocycles. The Morgan fingerprint density at radius 2 is 1.50 bits per heavy atom. The van der Waals surface area contributed by atoms with E-state index in [1.165, 1.54) is 19.9 Å². The van der Waals surface area contributed by atoms with E-state index in [0.29, 0.717) is 11.1 Å². The van der Waals surface area contributed by atoms with Gasteiger partial charge in [-0.2, -0.15) is 17.2 Å². The van der Waals surface area contributed by atoms with Gasteiger partial charge in [0, 0.05) is 0 Å². The molecule has 32 heavy (non-hydrogen) atoms. The third-order valence-electron chi connectivity index (χ3n) is 5.17. The lowest BCUT2D eigenvalue weighted by atomic mass is 9.84. The minimum atomic E-state index is -5.90. The van der Waals surface area contributed by atoms with Crippen LogP contribution in [0.1, 0.15) is 24.0 Å². The smallest absolute Gasteiger partial charge is 0.387 e. The fourth-order valence-corrected chi connectivity index (χ4v) is 4.22. The highest BCUT2D eigenvalue weighted by Gasteiger charge is 2.57. The molecule has 168 valence electrons. The monoisotopic (exact) mass is 460 g/mol. The molecule has 0 aliphatic heterocycles. The van der Waals surface area contributed by atoms with Gasteiger partial charge in [0.15, 0.2) is 5.92 Å². The molecule has 0 bridgehead atoms. The number of benzene rings is 3. The van der Waals surface area contributed by atoms with Crippen LogP contribution in [0.15, 0.2) is 72.8 Å². The largest absolute Gasteiger partial charge is 0.465 e. The molecule has 0 aliphatic rings. The van der Waals surface area contributed by atoms with E-state index >= 15 is 0 Å². The molecule has 0 aliphatic carbocycles. The Morgan fingerprint density at radius 1 is 0.969 bits per heavy atom. The number of hydrogen-bond acceptors (Lipinski definition) is 4. The first-order chi connectivity index (χ1) is 15.1. The molecular formula is C24H22F2O5S.